The van der Waals surface area contributed by atoms with Crippen molar-refractivity contribution >= 4 is 12.2 Å². The Morgan fingerprint density at radius 1 is 1.47 bits per heavy atom. The monoisotopic (exact) mass is 267 g/mol. The quantitative estimate of drug-likeness (QED) is 0.609. The number of hydrogen-bond donors (Lipinski definition) is 1. The topological polar surface area (TPSA) is 55.4 Å². The molecule has 5 heteroatoms. The van der Waals surface area contributed by atoms with Crippen LogP contribution >= 0.6 is 0 Å². The molecule has 1 aromatic rings. The fraction of sp³-hybridized carbons (Fsp3) is 0.429. The Morgan fingerprint density at radius 2 is 2.21 bits per heavy atom. The van der Waals surface area contributed by atoms with Gasteiger partial charge in [0.2, 0.25) is 0 Å². The first-order chi connectivity index (χ1) is 9.06. The number of benzene rings is 1. The molecule has 0 aliphatic carbocycles. The molecule has 0 saturated carbocycles. The van der Waals surface area contributed by atoms with Crippen LogP contribution in [0.1, 0.15) is 37.0 Å². The maximum Gasteiger partial charge on any atom is 0.260 e. The van der Waals surface area contributed by atoms with Crippen molar-refractivity contribution in [3.8, 4) is 5.75 Å². The third-order valence-electron chi connectivity index (χ3n) is 2.54. The molecule has 0 aliphatic rings. The molecule has 0 bridgehead atoms. The minimum atomic E-state index is -0.738. The number of halogens is 1. The summed E-state index contributed by atoms with van der Waals surface area (Å²) < 4.78 is 18.5. The number of aldehydes is 1. The molecule has 1 rings (SSSR count). The maximum absolute atomic E-state index is 13.2. The zero-order valence-corrected chi connectivity index (χ0v) is 11.1. The van der Waals surface area contributed by atoms with Gasteiger partial charge in [0, 0.05) is 18.2 Å². The molecule has 1 N–H and O–H groups in total. The number of carbonyl (C=O) groups is 2. The highest BCUT2D eigenvalue weighted by molar-refractivity contribution is 5.80. The average molecular weight is 267 g/mol. The smallest absolute Gasteiger partial charge is 0.260 e. The summed E-state index contributed by atoms with van der Waals surface area (Å²) in [5, 5.41) is 2.72. The van der Waals surface area contributed by atoms with E-state index in [4.69, 9.17) is 4.74 Å². The van der Waals surface area contributed by atoms with Crippen molar-refractivity contribution in [1.82, 2.24) is 5.32 Å². The maximum atomic E-state index is 13.2. The van der Waals surface area contributed by atoms with E-state index in [1.54, 1.807) is 6.92 Å². The van der Waals surface area contributed by atoms with Crippen LogP contribution in [0.3, 0.4) is 0 Å². The minimum Gasteiger partial charge on any atom is -0.481 e. The summed E-state index contributed by atoms with van der Waals surface area (Å²) in [5.41, 5.74) is 0.175. The van der Waals surface area contributed by atoms with Gasteiger partial charge in [0.05, 0.1) is 0 Å². The molecule has 19 heavy (non-hydrogen) atoms. The van der Waals surface area contributed by atoms with Gasteiger partial charge >= 0.3 is 0 Å². The van der Waals surface area contributed by atoms with E-state index < -0.39 is 11.9 Å². The number of nitrogens with one attached hydrogen (secondary N) is 1. The van der Waals surface area contributed by atoms with Crippen LogP contribution in [0.25, 0.3) is 0 Å². The van der Waals surface area contributed by atoms with Crippen LogP contribution in [-0.2, 0) is 4.79 Å². The molecule has 0 heterocycles. The van der Waals surface area contributed by atoms with Gasteiger partial charge in [-0.2, -0.15) is 0 Å². The SMILES string of the molecule is CCCCNC(=O)C(C)Oc1cc(F)cc(C=O)c1. The fourth-order valence-electron chi connectivity index (χ4n) is 1.51. The van der Waals surface area contributed by atoms with Gasteiger partial charge in [-0.1, -0.05) is 13.3 Å². The fourth-order valence-corrected chi connectivity index (χ4v) is 1.51. The highest BCUT2D eigenvalue weighted by Gasteiger charge is 2.14. The molecule has 0 radical (unpaired) electrons. The molecule has 104 valence electrons. The van der Waals surface area contributed by atoms with E-state index in [1.807, 2.05) is 6.92 Å². The van der Waals surface area contributed by atoms with E-state index >= 15 is 0 Å². The lowest BCUT2D eigenvalue weighted by molar-refractivity contribution is -0.127. The molecule has 0 spiro atoms. The second-order valence-corrected chi connectivity index (χ2v) is 4.24. The van der Waals surface area contributed by atoms with Gasteiger partial charge in [0.25, 0.3) is 5.91 Å². The van der Waals surface area contributed by atoms with E-state index in [1.165, 1.54) is 6.07 Å². The highest BCUT2D eigenvalue weighted by atomic mass is 19.1. The Bertz CT molecular complexity index is 448. The standard InChI is InChI=1S/C14H18FNO3/c1-3-4-5-16-14(18)10(2)19-13-7-11(9-17)6-12(15)8-13/h6-10H,3-5H2,1-2H3,(H,16,18). The van der Waals surface area contributed by atoms with Crippen molar-refractivity contribution in [2.75, 3.05) is 6.54 Å². The van der Waals surface area contributed by atoms with Gasteiger partial charge < -0.3 is 10.1 Å². The molecule has 0 saturated heterocycles. The predicted octanol–water partition coefficient (Wildman–Crippen LogP) is 2.32. The van der Waals surface area contributed by atoms with E-state index in [9.17, 15) is 14.0 Å². The number of rotatable bonds is 7. The van der Waals surface area contributed by atoms with Crippen LogP contribution in [0.15, 0.2) is 18.2 Å². The van der Waals surface area contributed by atoms with Crippen molar-refractivity contribution in [3.05, 3.63) is 29.6 Å². The highest BCUT2D eigenvalue weighted by Crippen LogP contribution is 2.16. The first-order valence-corrected chi connectivity index (χ1v) is 6.27. The van der Waals surface area contributed by atoms with E-state index in [2.05, 4.69) is 5.32 Å². The number of unbranched alkanes of at least 4 members (excludes halogenated alkanes) is 1. The van der Waals surface area contributed by atoms with E-state index in [0.717, 1.165) is 25.0 Å². The Kier molecular flexibility index (Phi) is 5.99. The summed E-state index contributed by atoms with van der Waals surface area (Å²) in [4.78, 5) is 22.3. The zero-order valence-electron chi connectivity index (χ0n) is 11.1. The minimum absolute atomic E-state index is 0.167. The van der Waals surface area contributed by atoms with Gasteiger partial charge in [-0.3, -0.25) is 9.59 Å². The first kappa shape index (κ1) is 15.1. The van der Waals surface area contributed by atoms with Gasteiger partial charge in [0.1, 0.15) is 17.9 Å². The molecule has 0 aromatic heterocycles. The van der Waals surface area contributed by atoms with Crippen LogP contribution in [0.4, 0.5) is 4.39 Å². The third-order valence-corrected chi connectivity index (χ3v) is 2.54. The second kappa shape index (κ2) is 7.51. The zero-order chi connectivity index (χ0) is 14.3. The number of hydrogen-bond acceptors (Lipinski definition) is 3. The lowest BCUT2D eigenvalue weighted by Crippen LogP contribution is -2.36. The first-order valence-electron chi connectivity index (χ1n) is 6.27. The molecular weight excluding hydrogens is 249 g/mol. The summed E-state index contributed by atoms with van der Waals surface area (Å²) in [7, 11) is 0. The van der Waals surface area contributed by atoms with E-state index in [0.29, 0.717) is 12.8 Å². The van der Waals surface area contributed by atoms with Gasteiger partial charge in [0.15, 0.2) is 6.10 Å². The van der Waals surface area contributed by atoms with Crippen LogP contribution in [-0.4, -0.2) is 24.8 Å². The van der Waals surface area contributed by atoms with Crippen molar-refractivity contribution in [2.45, 2.75) is 32.8 Å². The molecule has 0 fully saturated rings. The van der Waals surface area contributed by atoms with Gasteiger partial charge in [-0.05, 0) is 25.5 Å². The van der Waals surface area contributed by atoms with Gasteiger partial charge in [-0.15, -0.1) is 0 Å². The normalized spacial score (nSPS) is 11.7. The molecule has 1 aromatic carbocycles. The Morgan fingerprint density at radius 3 is 2.84 bits per heavy atom. The second-order valence-electron chi connectivity index (χ2n) is 4.24. The number of ether oxygens (including phenoxy) is 1. The average Bonchev–Trinajstić information content (AvgIpc) is 2.38. The lowest BCUT2D eigenvalue weighted by atomic mass is 10.2. The summed E-state index contributed by atoms with van der Waals surface area (Å²) in [6.07, 6.45) is 1.68. The molecule has 1 unspecified atom stereocenters. The van der Waals surface area contributed by atoms with Crippen molar-refractivity contribution in [3.63, 3.8) is 0 Å². The lowest BCUT2D eigenvalue weighted by Gasteiger charge is -2.15. The van der Waals surface area contributed by atoms with Crippen LogP contribution in [0.2, 0.25) is 0 Å². The molecular formula is C14H18FNO3. The summed E-state index contributed by atoms with van der Waals surface area (Å²) in [5.74, 6) is -0.663. The van der Waals surface area contributed by atoms with Crippen LogP contribution in [0, 0.1) is 5.82 Å². The summed E-state index contributed by atoms with van der Waals surface area (Å²) >= 11 is 0. The van der Waals surface area contributed by atoms with Crippen LogP contribution < -0.4 is 10.1 Å². The largest absolute Gasteiger partial charge is 0.481 e. The molecule has 1 atom stereocenters. The van der Waals surface area contributed by atoms with Crippen molar-refractivity contribution < 1.29 is 18.7 Å². The Hall–Kier alpha value is -1.91. The third kappa shape index (κ3) is 5.07. The molecule has 1 amide bonds. The van der Waals surface area contributed by atoms with Crippen molar-refractivity contribution in [2.24, 2.45) is 0 Å². The predicted molar refractivity (Wildman–Crippen MR) is 69.8 cm³/mol. The van der Waals surface area contributed by atoms with Crippen LogP contribution in [0.5, 0.6) is 5.75 Å². The number of carbonyl (C=O) groups excluding carboxylic acids is 2. The van der Waals surface area contributed by atoms with E-state index in [-0.39, 0.29) is 17.2 Å². The Labute approximate surface area is 112 Å². The number of amides is 1. The molecule has 0 aliphatic heterocycles. The van der Waals surface area contributed by atoms with Crippen molar-refractivity contribution in [1.29, 1.82) is 0 Å². The Balaban J connectivity index is 2.60. The van der Waals surface area contributed by atoms with Gasteiger partial charge in [-0.25, -0.2) is 4.39 Å². The summed E-state index contributed by atoms with van der Waals surface area (Å²) in [6.45, 7) is 4.19. The molecule has 4 nitrogen and oxygen atoms in total. The summed E-state index contributed by atoms with van der Waals surface area (Å²) in [6, 6.07) is 3.64.